The second-order valence-corrected chi connectivity index (χ2v) is 2.71. The van der Waals surface area contributed by atoms with Gasteiger partial charge in [0.25, 0.3) is 5.56 Å². The molecular formula is C8H10N2O2. The van der Waals surface area contributed by atoms with Gasteiger partial charge in [-0.15, -0.1) is 0 Å². The highest BCUT2D eigenvalue weighted by molar-refractivity contribution is 4.94. The summed E-state index contributed by atoms with van der Waals surface area (Å²) in [6.45, 7) is 1.90. The molecule has 1 aliphatic rings. The highest BCUT2D eigenvalue weighted by Gasteiger charge is 2.08. The van der Waals surface area contributed by atoms with Crippen LogP contribution in [0.15, 0.2) is 17.1 Å². The first-order valence-corrected chi connectivity index (χ1v) is 4.00. The monoisotopic (exact) mass is 166 g/mol. The SMILES string of the molecule is O=c1ccnc2n1CCOCC2. The minimum atomic E-state index is 0.0190. The van der Waals surface area contributed by atoms with Gasteiger partial charge in [0, 0.05) is 18.7 Å². The van der Waals surface area contributed by atoms with Gasteiger partial charge in [0.05, 0.1) is 19.8 Å². The van der Waals surface area contributed by atoms with E-state index < -0.39 is 0 Å². The first-order chi connectivity index (χ1) is 5.88. The van der Waals surface area contributed by atoms with Crippen LogP contribution in [-0.2, 0) is 17.7 Å². The van der Waals surface area contributed by atoms with Crippen LogP contribution >= 0.6 is 0 Å². The average molecular weight is 166 g/mol. The number of hydrogen-bond acceptors (Lipinski definition) is 3. The number of hydrogen-bond donors (Lipinski definition) is 0. The van der Waals surface area contributed by atoms with Gasteiger partial charge in [-0.25, -0.2) is 4.98 Å². The molecule has 0 N–H and O–H groups in total. The van der Waals surface area contributed by atoms with Crippen molar-refractivity contribution < 1.29 is 4.74 Å². The molecule has 1 aliphatic heterocycles. The van der Waals surface area contributed by atoms with Gasteiger partial charge in [0.2, 0.25) is 0 Å². The van der Waals surface area contributed by atoms with Gasteiger partial charge in [0.15, 0.2) is 0 Å². The zero-order valence-corrected chi connectivity index (χ0v) is 6.69. The molecule has 12 heavy (non-hydrogen) atoms. The fourth-order valence-corrected chi connectivity index (χ4v) is 1.33. The van der Waals surface area contributed by atoms with E-state index in [-0.39, 0.29) is 5.56 Å². The smallest absolute Gasteiger partial charge is 0.253 e. The lowest BCUT2D eigenvalue weighted by molar-refractivity contribution is 0.140. The van der Waals surface area contributed by atoms with Gasteiger partial charge < -0.3 is 4.74 Å². The van der Waals surface area contributed by atoms with Crippen LogP contribution in [0.4, 0.5) is 0 Å². The Morgan fingerprint density at radius 3 is 3.33 bits per heavy atom. The third-order valence-electron chi connectivity index (χ3n) is 1.95. The second kappa shape index (κ2) is 3.06. The van der Waals surface area contributed by atoms with Crippen molar-refractivity contribution in [2.24, 2.45) is 0 Å². The lowest BCUT2D eigenvalue weighted by Gasteiger charge is -2.04. The predicted molar refractivity (Wildman–Crippen MR) is 43.0 cm³/mol. The lowest BCUT2D eigenvalue weighted by Crippen LogP contribution is -2.23. The summed E-state index contributed by atoms with van der Waals surface area (Å²) in [5, 5.41) is 0. The number of ether oxygens (including phenoxy) is 1. The number of rotatable bonds is 0. The molecule has 4 heteroatoms. The van der Waals surface area contributed by atoms with Crippen LogP contribution in [0.3, 0.4) is 0 Å². The van der Waals surface area contributed by atoms with E-state index in [4.69, 9.17) is 4.74 Å². The Morgan fingerprint density at radius 2 is 2.42 bits per heavy atom. The second-order valence-electron chi connectivity index (χ2n) is 2.71. The Morgan fingerprint density at radius 1 is 1.50 bits per heavy atom. The van der Waals surface area contributed by atoms with Crippen molar-refractivity contribution in [3.63, 3.8) is 0 Å². The summed E-state index contributed by atoms with van der Waals surface area (Å²) >= 11 is 0. The van der Waals surface area contributed by atoms with Crippen LogP contribution in [-0.4, -0.2) is 22.8 Å². The fourth-order valence-electron chi connectivity index (χ4n) is 1.33. The Balaban J connectivity index is 2.49. The minimum Gasteiger partial charge on any atom is -0.379 e. The van der Waals surface area contributed by atoms with Crippen molar-refractivity contribution in [1.82, 2.24) is 9.55 Å². The zero-order valence-electron chi connectivity index (χ0n) is 6.69. The van der Waals surface area contributed by atoms with E-state index in [1.807, 2.05) is 0 Å². The first kappa shape index (κ1) is 7.49. The highest BCUT2D eigenvalue weighted by atomic mass is 16.5. The number of aromatic nitrogens is 2. The molecule has 0 saturated carbocycles. The molecule has 0 unspecified atom stereocenters. The summed E-state index contributed by atoms with van der Waals surface area (Å²) in [4.78, 5) is 15.4. The quantitative estimate of drug-likeness (QED) is 0.537. The molecule has 4 nitrogen and oxygen atoms in total. The highest BCUT2D eigenvalue weighted by Crippen LogP contribution is 1.98. The maximum absolute atomic E-state index is 11.3. The molecular weight excluding hydrogens is 156 g/mol. The zero-order chi connectivity index (χ0) is 8.39. The van der Waals surface area contributed by atoms with Gasteiger partial charge in [-0.05, 0) is 0 Å². The van der Waals surface area contributed by atoms with Crippen LogP contribution in [0.2, 0.25) is 0 Å². The molecule has 0 aromatic carbocycles. The summed E-state index contributed by atoms with van der Waals surface area (Å²) in [5.41, 5.74) is 0.0190. The van der Waals surface area contributed by atoms with E-state index >= 15 is 0 Å². The third kappa shape index (κ3) is 1.25. The predicted octanol–water partition coefficient (Wildman–Crippen LogP) is -0.184. The molecule has 0 radical (unpaired) electrons. The first-order valence-electron chi connectivity index (χ1n) is 4.00. The molecule has 2 rings (SSSR count). The van der Waals surface area contributed by atoms with Crippen molar-refractivity contribution in [3.05, 3.63) is 28.4 Å². The third-order valence-corrected chi connectivity index (χ3v) is 1.95. The standard InChI is InChI=1S/C8H10N2O2/c11-8-1-3-9-7-2-5-12-6-4-10(7)8/h1,3H,2,4-6H2. The molecule has 1 aromatic rings. The maximum Gasteiger partial charge on any atom is 0.253 e. The van der Waals surface area contributed by atoms with Crippen molar-refractivity contribution in [3.8, 4) is 0 Å². The summed E-state index contributed by atoms with van der Waals surface area (Å²) in [6.07, 6.45) is 2.29. The normalized spacial score (nSPS) is 16.7. The van der Waals surface area contributed by atoms with Crippen molar-refractivity contribution in [2.75, 3.05) is 13.2 Å². The van der Waals surface area contributed by atoms with Gasteiger partial charge in [-0.3, -0.25) is 9.36 Å². The largest absolute Gasteiger partial charge is 0.379 e. The Kier molecular flexibility index (Phi) is 1.91. The summed E-state index contributed by atoms with van der Waals surface area (Å²) in [6, 6.07) is 1.48. The van der Waals surface area contributed by atoms with Crippen molar-refractivity contribution >= 4 is 0 Å². The van der Waals surface area contributed by atoms with E-state index in [1.165, 1.54) is 6.07 Å². The summed E-state index contributed by atoms with van der Waals surface area (Å²) < 4.78 is 6.91. The summed E-state index contributed by atoms with van der Waals surface area (Å²) in [7, 11) is 0. The van der Waals surface area contributed by atoms with Crippen molar-refractivity contribution in [2.45, 2.75) is 13.0 Å². The molecule has 0 amide bonds. The topological polar surface area (TPSA) is 44.1 Å². The van der Waals surface area contributed by atoms with E-state index in [2.05, 4.69) is 4.98 Å². The maximum atomic E-state index is 11.3. The van der Waals surface area contributed by atoms with Crippen molar-refractivity contribution in [1.29, 1.82) is 0 Å². The molecule has 0 spiro atoms. The minimum absolute atomic E-state index is 0.0190. The molecule has 0 aliphatic carbocycles. The fraction of sp³-hybridized carbons (Fsp3) is 0.500. The van der Waals surface area contributed by atoms with Gasteiger partial charge in [-0.2, -0.15) is 0 Å². The van der Waals surface area contributed by atoms with E-state index in [1.54, 1.807) is 10.8 Å². The van der Waals surface area contributed by atoms with Crippen LogP contribution in [0.25, 0.3) is 0 Å². The summed E-state index contributed by atoms with van der Waals surface area (Å²) in [5.74, 6) is 0.833. The average Bonchev–Trinajstić information content (AvgIpc) is 2.30. The van der Waals surface area contributed by atoms with Crippen LogP contribution < -0.4 is 5.56 Å². The van der Waals surface area contributed by atoms with Gasteiger partial charge >= 0.3 is 0 Å². The molecule has 0 fully saturated rings. The van der Waals surface area contributed by atoms with E-state index in [0.29, 0.717) is 19.8 Å². The Bertz CT molecular complexity index is 332. The lowest BCUT2D eigenvalue weighted by atomic mass is 10.4. The van der Waals surface area contributed by atoms with E-state index in [0.717, 1.165) is 12.2 Å². The molecule has 0 saturated heterocycles. The van der Waals surface area contributed by atoms with Gasteiger partial charge in [0.1, 0.15) is 5.82 Å². The Hall–Kier alpha value is -1.16. The molecule has 1 aromatic heterocycles. The van der Waals surface area contributed by atoms with E-state index in [9.17, 15) is 4.79 Å². The number of fused-ring (bicyclic) bond motifs is 1. The Labute approximate surface area is 69.8 Å². The number of nitrogens with zero attached hydrogens (tertiary/aromatic N) is 2. The van der Waals surface area contributed by atoms with Crippen LogP contribution in [0.1, 0.15) is 5.82 Å². The molecule has 0 bridgehead atoms. The van der Waals surface area contributed by atoms with Gasteiger partial charge in [-0.1, -0.05) is 0 Å². The molecule has 0 atom stereocenters. The molecule has 64 valence electrons. The van der Waals surface area contributed by atoms with Crippen LogP contribution in [0.5, 0.6) is 0 Å². The van der Waals surface area contributed by atoms with Crippen LogP contribution in [0, 0.1) is 0 Å². The molecule has 2 heterocycles.